The van der Waals surface area contributed by atoms with Crippen molar-refractivity contribution in [1.29, 1.82) is 0 Å². The highest BCUT2D eigenvalue weighted by molar-refractivity contribution is 6.31. The highest BCUT2D eigenvalue weighted by Crippen LogP contribution is 2.26. The van der Waals surface area contributed by atoms with Crippen LogP contribution in [0, 0.1) is 0 Å². The molecule has 1 aliphatic rings. The number of nitrogens with two attached hydrogens (primary N) is 1. The van der Waals surface area contributed by atoms with E-state index in [4.69, 9.17) is 22.3 Å². The van der Waals surface area contributed by atoms with Crippen LogP contribution >= 0.6 is 11.6 Å². The molecular formula is C18H19ClN4O. The molecule has 0 spiro atoms. The Balaban J connectivity index is 1.93. The average molecular weight is 343 g/mol. The zero-order chi connectivity index (χ0) is 16.9. The second kappa shape index (κ2) is 7.47. The van der Waals surface area contributed by atoms with Crippen LogP contribution in [0.1, 0.15) is 11.1 Å². The first-order valence-electron chi connectivity index (χ1n) is 7.80. The van der Waals surface area contributed by atoms with Crippen molar-refractivity contribution in [2.24, 2.45) is 10.7 Å². The highest BCUT2D eigenvalue weighted by Gasteiger charge is 2.20. The number of fused-ring (bicyclic) bond motifs is 1. The topological polar surface area (TPSA) is 79.5 Å². The molecule has 124 valence electrons. The number of aliphatic imine (C=N–C) groups is 1. The van der Waals surface area contributed by atoms with Crippen molar-refractivity contribution in [3.8, 4) is 0 Å². The normalized spacial score (nSPS) is 16.4. The zero-order valence-electron chi connectivity index (χ0n) is 13.1. The number of benzene rings is 2. The number of hydrogen-bond donors (Lipinski definition) is 3. The molecule has 5 nitrogen and oxygen atoms in total. The third kappa shape index (κ3) is 3.75. The molecule has 1 aliphatic heterocycles. The van der Waals surface area contributed by atoms with Crippen molar-refractivity contribution in [1.82, 2.24) is 5.32 Å². The van der Waals surface area contributed by atoms with Gasteiger partial charge in [0.2, 0.25) is 5.91 Å². The Hall–Kier alpha value is -2.37. The molecule has 1 amide bonds. The van der Waals surface area contributed by atoms with Crippen molar-refractivity contribution in [3.63, 3.8) is 0 Å². The van der Waals surface area contributed by atoms with Gasteiger partial charge in [0, 0.05) is 28.4 Å². The van der Waals surface area contributed by atoms with Crippen molar-refractivity contribution >= 4 is 28.9 Å². The fraction of sp³-hybridized carbons (Fsp3) is 0.222. The second-order valence-corrected chi connectivity index (χ2v) is 6.03. The number of nitrogens with one attached hydrogen (secondary N) is 2. The number of amides is 1. The maximum absolute atomic E-state index is 11.4. The number of benzodiazepines with no additional fused rings is 1. The van der Waals surface area contributed by atoms with Crippen LogP contribution < -0.4 is 16.4 Å². The van der Waals surface area contributed by atoms with Crippen LogP contribution in [-0.2, 0) is 4.79 Å². The van der Waals surface area contributed by atoms with Gasteiger partial charge in [-0.25, -0.2) is 0 Å². The summed E-state index contributed by atoms with van der Waals surface area (Å²) in [4.78, 5) is 16.2. The molecule has 24 heavy (non-hydrogen) atoms. The van der Waals surface area contributed by atoms with Crippen molar-refractivity contribution < 1.29 is 4.79 Å². The van der Waals surface area contributed by atoms with Crippen molar-refractivity contribution in [2.75, 3.05) is 25.0 Å². The van der Waals surface area contributed by atoms with E-state index in [9.17, 15) is 4.79 Å². The van der Waals surface area contributed by atoms with Gasteiger partial charge in [-0.3, -0.25) is 9.79 Å². The molecule has 6 heteroatoms. The van der Waals surface area contributed by atoms with Crippen LogP contribution in [0.4, 0.5) is 5.69 Å². The minimum absolute atomic E-state index is 0.0124. The van der Waals surface area contributed by atoms with Gasteiger partial charge in [-0.1, -0.05) is 41.9 Å². The number of nitrogens with zero attached hydrogens (tertiary/aromatic N) is 1. The molecule has 0 aromatic heterocycles. The summed E-state index contributed by atoms with van der Waals surface area (Å²) in [7, 11) is 0. The van der Waals surface area contributed by atoms with Crippen molar-refractivity contribution in [2.45, 2.75) is 6.04 Å². The number of halogens is 1. The minimum atomic E-state index is -0.176. The summed E-state index contributed by atoms with van der Waals surface area (Å²) in [6.45, 7) is 0.989. The molecule has 1 heterocycles. The van der Waals surface area contributed by atoms with Crippen LogP contribution in [0.5, 0.6) is 0 Å². The van der Waals surface area contributed by atoms with Crippen LogP contribution in [0.15, 0.2) is 53.5 Å². The number of anilines is 1. The standard InChI is InChI=1S/C18H19ClN4O/c19-13-6-7-16-15(8-13)18(12-4-2-1-3-5-12)22-11-14(23-16)10-21-17(24)9-20/h1-8,14,23H,9-11,20H2,(H,21,24). The van der Waals surface area contributed by atoms with E-state index in [0.717, 1.165) is 22.5 Å². The fourth-order valence-corrected chi connectivity index (χ4v) is 2.83. The monoisotopic (exact) mass is 342 g/mol. The molecular weight excluding hydrogens is 324 g/mol. The predicted molar refractivity (Wildman–Crippen MR) is 97.9 cm³/mol. The van der Waals surface area contributed by atoms with Crippen LogP contribution in [0.2, 0.25) is 5.02 Å². The summed E-state index contributed by atoms with van der Waals surface area (Å²) in [5, 5.41) is 6.90. The van der Waals surface area contributed by atoms with Crippen LogP contribution in [-0.4, -0.2) is 37.3 Å². The minimum Gasteiger partial charge on any atom is -0.378 e. The molecule has 0 bridgehead atoms. The molecule has 0 radical (unpaired) electrons. The lowest BCUT2D eigenvalue weighted by Gasteiger charge is -2.18. The SMILES string of the molecule is NCC(=O)NCC1CN=C(c2ccccc2)c2cc(Cl)ccc2N1. The zero-order valence-corrected chi connectivity index (χ0v) is 13.9. The summed E-state index contributed by atoms with van der Waals surface area (Å²) in [6.07, 6.45) is 0. The Bertz CT molecular complexity index is 761. The van der Waals surface area contributed by atoms with Gasteiger partial charge in [0.25, 0.3) is 0 Å². The first-order valence-corrected chi connectivity index (χ1v) is 8.18. The molecule has 2 aromatic carbocycles. The maximum Gasteiger partial charge on any atom is 0.233 e. The molecule has 1 atom stereocenters. The van der Waals surface area contributed by atoms with E-state index in [2.05, 4.69) is 10.6 Å². The van der Waals surface area contributed by atoms with E-state index >= 15 is 0 Å². The average Bonchev–Trinajstić information content (AvgIpc) is 2.79. The van der Waals surface area contributed by atoms with Gasteiger partial charge in [0.15, 0.2) is 0 Å². The summed E-state index contributed by atoms with van der Waals surface area (Å²) in [5.74, 6) is -0.176. The molecule has 4 N–H and O–H groups in total. The second-order valence-electron chi connectivity index (χ2n) is 5.59. The van der Waals surface area contributed by atoms with Crippen LogP contribution in [0.25, 0.3) is 0 Å². The van der Waals surface area contributed by atoms with Gasteiger partial charge in [0.05, 0.1) is 24.8 Å². The smallest absolute Gasteiger partial charge is 0.233 e. The number of hydrogen-bond acceptors (Lipinski definition) is 4. The van der Waals surface area contributed by atoms with E-state index in [0.29, 0.717) is 18.1 Å². The Morgan fingerprint density at radius 1 is 1.29 bits per heavy atom. The van der Waals surface area contributed by atoms with E-state index in [1.807, 2.05) is 48.5 Å². The molecule has 0 saturated heterocycles. The molecule has 0 fully saturated rings. The molecule has 3 rings (SSSR count). The van der Waals surface area contributed by atoms with E-state index in [-0.39, 0.29) is 18.5 Å². The largest absolute Gasteiger partial charge is 0.378 e. The summed E-state index contributed by atoms with van der Waals surface area (Å²) >= 11 is 6.19. The first kappa shape index (κ1) is 16.5. The fourth-order valence-electron chi connectivity index (χ4n) is 2.66. The third-order valence-corrected chi connectivity index (χ3v) is 4.08. The van der Waals surface area contributed by atoms with Crippen molar-refractivity contribution in [3.05, 3.63) is 64.7 Å². The van der Waals surface area contributed by atoms with Gasteiger partial charge in [0.1, 0.15) is 0 Å². The molecule has 1 unspecified atom stereocenters. The van der Waals surface area contributed by atoms with E-state index < -0.39 is 0 Å². The van der Waals surface area contributed by atoms with Gasteiger partial charge >= 0.3 is 0 Å². The lowest BCUT2D eigenvalue weighted by Crippen LogP contribution is -2.40. The molecule has 2 aromatic rings. The van der Waals surface area contributed by atoms with Gasteiger partial charge < -0.3 is 16.4 Å². The van der Waals surface area contributed by atoms with Gasteiger partial charge in [-0.2, -0.15) is 0 Å². The number of carbonyl (C=O) groups is 1. The lowest BCUT2D eigenvalue weighted by molar-refractivity contribution is -0.119. The summed E-state index contributed by atoms with van der Waals surface area (Å²) in [5.41, 5.74) is 9.18. The Kier molecular flexibility index (Phi) is 5.13. The number of carbonyl (C=O) groups excluding carboxylic acids is 1. The molecule has 0 aliphatic carbocycles. The lowest BCUT2D eigenvalue weighted by atomic mass is 10.0. The van der Waals surface area contributed by atoms with Crippen LogP contribution in [0.3, 0.4) is 0 Å². The Labute approximate surface area is 145 Å². The maximum atomic E-state index is 11.4. The Morgan fingerprint density at radius 3 is 2.83 bits per heavy atom. The van der Waals surface area contributed by atoms with Gasteiger partial charge in [-0.15, -0.1) is 0 Å². The third-order valence-electron chi connectivity index (χ3n) is 3.84. The summed E-state index contributed by atoms with van der Waals surface area (Å²) < 4.78 is 0. The van der Waals surface area contributed by atoms with Gasteiger partial charge in [-0.05, 0) is 18.2 Å². The number of rotatable bonds is 4. The first-order chi connectivity index (χ1) is 11.7. The van der Waals surface area contributed by atoms with E-state index in [1.165, 1.54) is 0 Å². The molecule has 0 saturated carbocycles. The summed E-state index contributed by atoms with van der Waals surface area (Å²) in [6, 6.07) is 15.7. The quantitative estimate of drug-likeness (QED) is 0.795. The van der Waals surface area contributed by atoms with E-state index in [1.54, 1.807) is 0 Å². The Morgan fingerprint density at radius 2 is 2.08 bits per heavy atom. The highest BCUT2D eigenvalue weighted by atomic mass is 35.5. The predicted octanol–water partition coefficient (Wildman–Crippen LogP) is 2.05.